The van der Waals surface area contributed by atoms with E-state index in [0.29, 0.717) is 0 Å². The lowest BCUT2D eigenvalue weighted by Crippen LogP contribution is -2.16. The lowest BCUT2D eigenvalue weighted by Gasteiger charge is -2.25. The lowest BCUT2D eigenvalue weighted by molar-refractivity contribution is 0.657. The van der Waals surface area contributed by atoms with E-state index >= 15 is 0 Å². The molecule has 0 N–H and O–H groups in total. The van der Waals surface area contributed by atoms with E-state index in [1.54, 1.807) is 0 Å². The first-order valence-electron chi connectivity index (χ1n) is 21.5. The number of para-hydroxylation sites is 2. The van der Waals surface area contributed by atoms with Gasteiger partial charge in [0.25, 0.3) is 0 Å². The predicted molar refractivity (Wildman–Crippen MR) is 261 cm³/mol. The largest absolute Gasteiger partial charge is 0.308 e. The molecule has 0 fully saturated rings. The van der Waals surface area contributed by atoms with Crippen LogP contribution in [0.25, 0.3) is 91.6 Å². The summed E-state index contributed by atoms with van der Waals surface area (Å²) in [4.78, 5) is 0. The molecule has 1 unspecified atom stereocenters. The molecule has 13 rings (SSSR count). The van der Waals surface area contributed by atoms with Crippen LogP contribution in [-0.2, 0) is 11.8 Å². The number of fused-ring (bicyclic) bond motifs is 12. The minimum atomic E-state index is -0.175. The molecule has 0 saturated carbocycles. The Hall–Kier alpha value is -7.00. The number of rotatable bonds is 6. The number of hydrogen-bond donors (Lipinski definition) is 0. The summed E-state index contributed by atoms with van der Waals surface area (Å²) >= 11 is 1.90. The summed E-state index contributed by atoms with van der Waals surface area (Å²) in [5, 5.41) is 7.99. The topological polar surface area (TPSA) is 4.41 Å². The zero-order valence-electron chi connectivity index (χ0n) is 34.1. The van der Waals surface area contributed by atoms with Crippen LogP contribution in [-0.4, -0.2) is 4.40 Å². The van der Waals surface area contributed by atoms with E-state index in [4.69, 9.17) is 0 Å². The predicted octanol–water partition coefficient (Wildman–Crippen LogP) is 16.2. The maximum Gasteiger partial charge on any atom is 0.0626 e. The van der Waals surface area contributed by atoms with E-state index in [1.807, 2.05) is 11.3 Å². The van der Waals surface area contributed by atoms with Crippen molar-refractivity contribution < 1.29 is 0 Å². The highest BCUT2D eigenvalue weighted by molar-refractivity contribution is 7.25. The van der Waals surface area contributed by atoms with Gasteiger partial charge in [-0.05, 0) is 98.0 Å². The Bertz CT molecular complexity index is 3690. The van der Waals surface area contributed by atoms with Crippen molar-refractivity contribution in [3.8, 4) is 33.4 Å². The van der Waals surface area contributed by atoms with Gasteiger partial charge >= 0.3 is 0 Å². The summed E-state index contributed by atoms with van der Waals surface area (Å²) in [6, 6.07) is 73.2. The van der Waals surface area contributed by atoms with Gasteiger partial charge in [0.05, 0.1) is 16.6 Å². The molecule has 0 saturated heterocycles. The first-order valence-corrected chi connectivity index (χ1v) is 22.3. The van der Waals surface area contributed by atoms with E-state index in [0.717, 1.165) is 6.42 Å². The average Bonchev–Trinajstić information content (AvgIpc) is 4.03. The average molecular weight is 796 g/mol. The highest BCUT2D eigenvalue weighted by Crippen LogP contribution is 2.52. The third kappa shape index (κ3) is 5.13. The normalized spacial score (nSPS) is 13.9. The van der Waals surface area contributed by atoms with Gasteiger partial charge in [-0.2, -0.15) is 0 Å². The van der Waals surface area contributed by atoms with Crippen molar-refractivity contribution in [2.45, 2.75) is 31.6 Å². The third-order valence-electron chi connectivity index (χ3n) is 14.0. The summed E-state index contributed by atoms with van der Waals surface area (Å²) in [5.41, 5.74) is 18.3. The second kappa shape index (κ2) is 13.0. The molecule has 12 aromatic rings. The van der Waals surface area contributed by atoms with E-state index in [1.165, 1.54) is 119 Å². The summed E-state index contributed by atoms with van der Waals surface area (Å²) < 4.78 is 5.20. The van der Waals surface area contributed by atoms with Crippen LogP contribution in [0.3, 0.4) is 0 Å². The second-order valence-electron chi connectivity index (χ2n) is 17.6. The van der Waals surface area contributed by atoms with Crippen molar-refractivity contribution in [3.05, 3.63) is 222 Å². The van der Waals surface area contributed by atoms with Gasteiger partial charge in [-0.15, -0.1) is 11.3 Å². The minimum absolute atomic E-state index is 0.175. The lowest BCUT2D eigenvalue weighted by atomic mass is 9.78. The first-order chi connectivity index (χ1) is 30.0. The molecular weight excluding hydrogens is 755 g/mol. The van der Waals surface area contributed by atoms with E-state index in [2.05, 4.69) is 212 Å². The summed E-state index contributed by atoms with van der Waals surface area (Å²) in [7, 11) is 0. The van der Waals surface area contributed by atoms with Gasteiger partial charge in [0.1, 0.15) is 0 Å². The molecule has 0 aliphatic heterocycles. The molecule has 288 valence electrons. The second-order valence-corrected chi connectivity index (χ2v) is 18.7. The van der Waals surface area contributed by atoms with Crippen molar-refractivity contribution in [1.29, 1.82) is 0 Å². The molecule has 0 bridgehead atoms. The van der Waals surface area contributed by atoms with Crippen LogP contribution >= 0.6 is 11.3 Å². The van der Waals surface area contributed by atoms with Gasteiger partial charge < -0.3 is 4.40 Å². The Morgan fingerprint density at radius 1 is 0.443 bits per heavy atom. The fourth-order valence-electron chi connectivity index (χ4n) is 10.9. The van der Waals surface area contributed by atoms with Crippen LogP contribution < -0.4 is 0 Å². The minimum Gasteiger partial charge on any atom is -0.308 e. The standard InChI is InChI=1S/C59H41NS/c1-59(2)51-34-40(42-30-31-48-45-14-6-9-17-53(45)60-54-18-10-7-16-49(54)57(42)58(48)60)25-28-43(51)44-29-26-41(35-52(44)59)50(39-23-21-38(22-24-39)37-12-4-3-5-13-37)32-36-20-27-47-46-15-8-11-19-55(46)61-56(47)33-36/h3-31,33-35,50H,32H2,1-2H3. The van der Waals surface area contributed by atoms with E-state index in [-0.39, 0.29) is 11.3 Å². The molecule has 0 amide bonds. The Balaban J connectivity index is 0.922. The fourth-order valence-corrected chi connectivity index (χ4v) is 12.1. The van der Waals surface area contributed by atoms with Gasteiger partial charge in [0, 0.05) is 53.1 Å². The third-order valence-corrected chi connectivity index (χ3v) is 15.1. The van der Waals surface area contributed by atoms with Crippen LogP contribution in [0.5, 0.6) is 0 Å². The number of aromatic nitrogens is 1. The van der Waals surface area contributed by atoms with Gasteiger partial charge in [-0.1, -0.05) is 178 Å². The van der Waals surface area contributed by atoms with Crippen LogP contribution in [0.4, 0.5) is 0 Å². The van der Waals surface area contributed by atoms with Crippen LogP contribution in [0.15, 0.2) is 194 Å². The summed E-state index contributed by atoms with van der Waals surface area (Å²) in [5.74, 6) is 0.194. The number of nitrogens with zero attached hydrogens (tertiary/aromatic N) is 1. The zero-order chi connectivity index (χ0) is 40.4. The van der Waals surface area contributed by atoms with E-state index < -0.39 is 0 Å². The van der Waals surface area contributed by atoms with Crippen LogP contribution in [0.2, 0.25) is 0 Å². The number of thiophene rings is 1. The molecule has 3 aromatic heterocycles. The van der Waals surface area contributed by atoms with Gasteiger partial charge in [0.2, 0.25) is 0 Å². The smallest absolute Gasteiger partial charge is 0.0626 e. The SMILES string of the molecule is CC1(C)c2cc(-c3ccc4c5ccccc5n5c6ccccc6c3c45)ccc2-c2ccc(C(Cc3ccc4c(c3)sc3ccccc34)c3ccc(-c4ccccc4)cc3)cc21. The number of benzene rings is 9. The molecule has 1 atom stereocenters. The van der Waals surface area contributed by atoms with Crippen LogP contribution in [0, 0.1) is 0 Å². The molecular formula is C59H41NS. The van der Waals surface area contributed by atoms with Crippen molar-refractivity contribution in [2.75, 3.05) is 0 Å². The fraction of sp³-hybridized carbons (Fsp3) is 0.0847. The monoisotopic (exact) mass is 795 g/mol. The first kappa shape index (κ1) is 34.8. The quantitative estimate of drug-likeness (QED) is 0.158. The van der Waals surface area contributed by atoms with Gasteiger partial charge in [-0.3, -0.25) is 0 Å². The van der Waals surface area contributed by atoms with Crippen molar-refractivity contribution in [1.82, 2.24) is 4.40 Å². The van der Waals surface area contributed by atoms with E-state index in [9.17, 15) is 0 Å². The Kier molecular flexibility index (Phi) is 7.42. The summed E-state index contributed by atoms with van der Waals surface area (Å²) in [6.45, 7) is 4.86. The molecule has 0 radical (unpaired) electrons. The molecule has 2 heteroatoms. The molecule has 1 nitrogen and oxygen atoms in total. The van der Waals surface area contributed by atoms with Crippen molar-refractivity contribution >= 4 is 69.6 Å². The Labute approximate surface area is 359 Å². The molecule has 61 heavy (non-hydrogen) atoms. The maximum absolute atomic E-state index is 2.54. The maximum atomic E-state index is 2.54. The number of hydrogen-bond acceptors (Lipinski definition) is 1. The zero-order valence-corrected chi connectivity index (χ0v) is 34.9. The summed E-state index contributed by atoms with van der Waals surface area (Å²) in [6.07, 6.45) is 0.925. The van der Waals surface area contributed by atoms with Gasteiger partial charge in [-0.25, -0.2) is 0 Å². The van der Waals surface area contributed by atoms with Crippen molar-refractivity contribution in [2.24, 2.45) is 0 Å². The highest BCUT2D eigenvalue weighted by Gasteiger charge is 2.37. The van der Waals surface area contributed by atoms with Crippen molar-refractivity contribution in [3.63, 3.8) is 0 Å². The highest BCUT2D eigenvalue weighted by atomic mass is 32.1. The molecule has 1 aliphatic rings. The Morgan fingerprint density at radius 2 is 1.03 bits per heavy atom. The molecule has 1 aliphatic carbocycles. The molecule has 3 heterocycles. The van der Waals surface area contributed by atoms with Crippen LogP contribution in [0.1, 0.15) is 47.6 Å². The molecule has 9 aromatic carbocycles. The molecule has 0 spiro atoms. The Morgan fingerprint density at radius 3 is 1.85 bits per heavy atom. The van der Waals surface area contributed by atoms with Gasteiger partial charge in [0.15, 0.2) is 0 Å².